The van der Waals surface area contributed by atoms with Gasteiger partial charge in [0.1, 0.15) is 12.4 Å². The van der Waals surface area contributed by atoms with Crippen LogP contribution in [0.15, 0.2) is 97.1 Å². The van der Waals surface area contributed by atoms with Crippen molar-refractivity contribution in [1.82, 2.24) is 9.47 Å². The Bertz CT molecular complexity index is 1590. The highest BCUT2D eigenvalue weighted by Crippen LogP contribution is 2.38. The molecular formula is C36H40N2O4. The maximum atomic E-state index is 10.9. The lowest BCUT2D eigenvalue weighted by Crippen LogP contribution is -2.32. The molecule has 0 amide bonds. The molecule has 0 radical (unpaired) electrons. The molecule has 0 spiro atoms. The minimum absolute atomic E-state index is 0.469. The lowest BCUT2D eigenvalue weighted by molar-refractivity contribution is 0.126. The highest BCUT2D eigenvalue weighted by atomic mass is 16.5. The number of fused-ring (bicyclic) bond motifs is 1. The number of nitrogens with zero attached hydrogens (tertiary/aromatic N) is 2. The Hall–Kier alpha value is -4.26. The third-order valence-electron chi connectivity index (χ3n) is 7.78. The molecule has 0 aliphatic rings. The molecule has 1 atom stereocenters. The molecule has 4 aromatic carbocycles. The number of aryl methyl sites for hydroxylation is 1. The molecule has 0 bridgehead atoms. The summed E-state index contributed by atoms with van der Waals surface area (Å²) in [6.45, 7) is 1.94. The molecule has 6 heteroatoms. The monoisotopic (exact) mass is 564 g/mol. The summed E-state index contributed by atoms with van der Waals surface area (Å²) in [6.07, 6.45) is 0.972. The zero-order chi connectivity index (χ0) is 29.5. The quantitative estimate of drug-likeness (QED) is 0.177. The summed E-state index contributed by atoms with van der Waals surface area (Å²) in [5, 5.41) is 12.1. The van der Waals surface area contributed by atoms with Crippen molar-refractivity contribution in [3.05, 3.63) is 114 Å². The Morgan fingerprint density at radius 1 is 0.810 bits per heavy atom. The van der Waals surface area contributed by atoms with E-state index in [1.165, 1.54) is 22.2 Å². The van der Waals surface area contributed by atoms with Crippen molar-refractivity contribution < 1.29 is 19.3 Å². The number of hydrogen-bond acceptors (Lipinski definition) is 5. The summed E-state index contributed by atoms with van der Waals surface area (Å²) in [4.78, 5) is 2.21. The minimum Gasteiger partial charge on any atom is -0.493 e. The van der Waals surface area contributed by atoms with Gasteiger partial charge in [0, 0.05) is 36.6 Å². The first kappa shape index (κ1) is 29.2. The first-order chi connectivity index (χ1) is 20.5. The van der Waals surface area contributed by atoms with Crippen molar-refractivity contribution in [2.24, 2.45) is 7.05 Å². The number of rotatable bonds is 13. The summed E-state index contributed by atoms with van der Waals surface area (Å²) in [6, 6.07) is 32.8. The van der Waals surface area contributed by atoms with Gasteiger partial charge in [-0.05, 0) is 73.0 Å². The van der Waals surface area contributed by atoms with E-state index in [-0.39, 0.29) is 0 Å². The molecule has 0 aliphatic heterocycles. The van der Waals surface area contributed by atoms with Gasteiger partial charge in [0.15, 0.2) is 11.5 Å². The van der Waals surface area contributed by atoms with Crippen LogP contribution in [0.3, 0.4) is 0 Å². The second kappa shape index (κ2) is 13.6. The van der Waals surface area contributed by atoms with Gasteiger partial charge in [0.25, 0.3) is 0 Å². The van der Waals surface area contributed by atoms with E-state index in [0.717, 1.165) is 35.4 Å². The van der Waals surface area contributed by atoms with E-state index in [1.54, 1.807) is 14.2 Å². The van der Waals surface area contributed by atoms with Crippen molar-refractivity contribution in [3.63, 3.8) is 0 Å². The molecule has 1 N–H and O–H groups in total. The molecule has 5 aromatic rings. The van der Waals surface area contributed by atoms with Gasteiger partial charge in [-0.2, -0.15) is 0 Å². The summed E-state index contributed by atoms with van der Waals surface area (Å²) in [7, 11) is 7.51. The minimum atomic E-state index is -0.469. The number of para-hydroxylation sites is 1. The number of hydrogen-bond donors (Lipinski definition) is 1. The maximum Gasteiger partial charge on any atom is 0.161 e. The van der Waals surface area contributed by atoms with E-state index >= 15 is 0 Å². The van der Waals surface area contributed by atoms with Crippen molar-refractivity contribution in [1.29, 1.82) is 0 Å². The van der Waals surface area contributed by atoms with Gasteiger partial charge in [-0.25, -0.2) is 0 Å². The molecule has 0 saturated heterocycles. The highest BCUT2D eigenvalue weighted by molar-refractivity contribution is 5.92. The lowest BCUT2D eigenvalue weighted by atomic mass is 10.0. The number of ether oxygens (including phenoxy) is 3. The van der Waals surface area contributed by atoms with Crippen LogP contribution < -0.4 is 14.2 Å². The summed E-state index contributed by atoms with van der Waals surface area (Å²) >= 11 is 0. The number of likely N-dealkylation sites (N-methyl/N-ethyl adjacent to an activating group) is 1. The fourth-order valence-corrected chi connectivity index (χ4v) is 5.63. The van der Waals surface area contributed by atoms with Crippen LogP contribution in [0.25, 0.3) is 22.2 Å². The molecule has 0 aliphatic carbocycles. The van der Waals surface area contributed by atoms with Crippen LogP contribution in [0.2, 0.25) is 0 Å². The molecule has 0 saturated carbocycles. The largest absolute Gasteiger partial charge is 0.493 e. The Kier molecular flexibility index (Phi) is 9.47. The lowest BCUT2D eigenvalue weighted by Gasteiger charge is -2.21. The van der Waals surface area contributed by atoms with Crippen LogP contribution in [-0.2, 0) is 26.5 Å². The van der Waals surface area contributed by atoms with Crippen LogP contribution in [0.4, 0.5) is 0 Å². The highest BCUT2D eigenvalue weighted by Gasteiger charge is 2.19. The molecule has 5 rings (SSSR count). The predicted molar refractivity (Wildman–Crippen MR) is 170 cm³/mol. The van der Waals surface area contributed by atoms with Gasteiger partial charge in [0.05, 0.1) is 26.0 Å². The zero-order valence-electron chi connectivity index (χ0n) is 24.9. The Morgan fingerprint density at radius 3 is 2.26 bits per heavy atom. The van der Waals surface area contributed by atoms with Gasteiger partial charge >= 0.3 is 0 Å². The van der Waals surface area contributed by atoms with Crippen LogP contribution in [0, 0.1) is 0 Å². The SMILES string of the molecule is COc1ccc(-c2c(CCN(C)CC(O)Cc3ccc(OCc4ccccc4)cc3)c3ccccc3n2C)cc1OC. The molecule has 6 nitrogen and oxygen atoms in total. The van der Waals surface area contributed by atoms with Crippen LogP contribution in [0.1, 0.15) is 16.7 Å². The van der Waals surface area contributed by atoms with Crippen LogP contribution in [0.5, 0.6) is 17.2 Å². The third kappa shape index (κ3) is 6.78. The number of aromatic nitrogens is 1. The fourth-order valence-electron chi connectivity index (χ4n) is 5.63. The Balaban J connectivity index is 1.22. The van der Waals surface area contributed by atoms with Crippen molar-refractivity contribution in [3.8, 4) is 28.5 Å². The normalized spacial score (nSPS) is 12.0. The average Bonchev–Trinajstić information content (AvgIpc) is 3.30. The van der Waals surface area contributed by atoms with E-state index in [4.69, 9.17) is 14.2 Å². The first-order valence-corrected chi connectivity index (χ1v) is 14.4. The molecule has 42 heavy (non-hydrogen) atoms. The predicted octanol–water partition coefficient (Wildman–Crippen LogP) is 6.52. The van der Waals surface area contributed by atoms with E-state index in [0.29, 0.717) is 31.1 Å². The molecule has 1 aromatic heterocycles. The van der Waals surface area contributed by atoms with E-state index < -0.39 is 6.10 Å². The number of aliphatic hydroxyl groups is 1. The summed E-state index contributed by atoms with van der Waals surface area (Å²) in [5.41, 5.74) is 6.96. The van der Waals surface area contributed by atoms with Crippen molar-refractivity contribution >= 4 is 10.9 Å². The van der Waals surface area contributed by atoms with Crippen LogP contribution >= 0.6 is 0 Å². The first-order valence-electron chi connectivity index (χ1n) is 14.4. The van der Waals surface area contributed by atoms with E-state index in [9.17, 15) is 5.11 Å². The average molecular weight is 565 g/mol. The topological polar surface area (TPSA) is 56.1 Å². The smallest absolute Gasteiger partial charge is 0.161 e. The van der Waals surface area contributed by atoms with E-state index in [2.05, 4.69) is 66.0 Å². The summed E-state index contributed by atoms with van der Waals surface area (Å²) in [5.74, 6) is 2.25. The van der Waals surface area contributed by atoms with Gasteiger partial charge in [-0.1, -0.05) is 60.7 Å². The molecular weight excluding hydrogens is 524 g/mol. The molecule has 218 valence electrons. The Labute approximate surface area is 248 Å². The van der Waals surface area contributed by atoms with Crippen LogP contribution in [-0.4, -0.2) is 55.0 Å². The Morgan fingerprint density at radius 2 is 1.52 bits per heavy atom. The maximum absolute atomic E-state index is 10.9. The second-order valence-electron chi connectivity index (χ2n) is 10.8. The van der Waals surface area contributed by atoms with Crippen molar-refractivity contribution in [2.45, 2.75) is 25.6 Å². The molecule has 1 unspecified atom stereocenters. The standard InChI is InChI=1S/C36H40N2O4/c1-37(24-29(39)22-26-14-17-30(18-15-26)42-25-27-10-6-5-7-11-27)21-20-32-31-12-8-9-13-33(31)38(2)36(32)28-16-19-34(40-3)35(23-28)41-4/h5-19,23,29,39H,20-22,24-25H2,1-4H3. The number of aliphatic hydroxyl groups excluding tert-OH is 1. The number of benzene rings is 4. The van der Waals surface area contributed by atoms with Gasteiger partial charge in [0.2, 0.25) is 0 Å². The van der Waals surface area contributed by atoms with Gasteiger partial charge < -0.3 is 28.8 Å². The second-order valence-corrected chi connectivity index (χ2v) is 10.8. The molecule has 1 heterocycles. The van der Waals surface area contributed by atoms with E-state index in [1.807, 2.05) is 54.6 Å². The summed E-state index contributed by atoms with van der Waals surface area (Å²) < 4.78 is 19.2. The fraction of sp³-hybridized carbons (Fsp3) is 0.278. The van der Waals surface area contributed by atoms with Gasteiger partial charge in [-0.3, -0.25) is 0 Å². The third-order valence-corrected chi connectivity index (χ3v) is 7.78. The molecule has 0 fully saturated rings. The number of methoxy groups -OCH3 is 2. The van der Waals surface area contributed by atoms with Crippen molar-refractivity contribution in [2.75, 3.05) is 34.4 Å². The zero-order valence-corrected chi connectivity index (χ0v) is 24.9. The van der Waals surface area contributed by atoms with Gasteiger partial charge in [-0.15, -0.1) is 0 Å².